The molecule has 1 amide bonds. The zero-order valence-corrected chi connectivity index (χ0v) is 11.8. The Bertz CT molecular complexity index is 348. The largest absolute Gasteiger partial charge is 0.381 e. The predicted molar refractivity (Wildman–Crippen MR) is 72.3 cm³/mol. The number of ether oxygens (including phenoxy) is 1. The van der Waals surface area contributed by atoms with Gasteiger partial charge in [0.25, 0.3) is 0 Å². The number of hydrogen-bond acceptors (Lipinski definition) is 3. The smallest absolute Gasteiger partial charge is 0.226 e. The standard InChI is InChI=1S/C15H24N2O2/c1-2-12-5-7-15(11-16,8-6-12)17-14(18)13-4-3-9-19-10-13/h12-13H,2-10H2,1H3,(H,17,18). The van der Waals surface area contributed by atoms with Gasteiger partial charge in [-0.3, -0.25) is 4.79 Å². The van der Waals surface area contributed by atoms with Crippen LogP contribution in [0.25, 0.3) is 0 Å². The maximum absolute atomic E-state index is 12.2. The summed E-state index contributed by atoms with van der Waals surface area (Å²) in [7, 11) is 0. The Kier molecular flexibility index (Phi) is 4.81. The first-order valence-corrected chi connectivity index (χ1v) is 7.50. The van der Waals surface area contributed by atoms with Crippen LogP contribution < -0.4 is 5.32 Å². The van der Waals surface area contributed by atoms with Gasteiger partial charge in [0.05, 0.1) is 18.6 Å². The topological polar surface area (TPSA) is 62.1 Å². The minimum atomic E-state index is -0.625. The quantitative estimate of drug-likeness (QED) is 0.851. The maximum atomic E-state index is 12.2. The minimum Gasteiger partial charge on any atom is -0.381 e. The highest BCUT2D eigenvalue weighted by Gasteiger charge is 2.38. The van der Waals surface area contributed by atoms with E-state index < -0.39 is 5.54 Å². The molecule has 0 bridgehead atoms. The van der Waals surface area contributed by atoms with Crippen molar-refractivity contribution in [3.05, 3.63) is 0 Å². The lowest BCUT2D eigenvalue weighted by molar-refractivity contribution is -0.130. The summed E-state index contributed by atoms with van der Waals surface area (Å²) in [6.07, 6.45) is 6.67. The lowest BCUT2D eigenvalue weighted by Crippen LogP contribution is -2.52. The average Bonchev–Trinajstić information content (AvgIpc) is 2.49. The Labute approximate surface area is 115 Å². The number of nitrogens with zero attached hydrogens (tertiary/aromatic N) is 1. The van der Waals surface area contributed by atoms with Gasteiger partial charge in [-0.2, -0.15) is 5.26 Å². The molecular formula is C15H24N2O2. The lowest BCUT2D eigenvalue weighted by atomic mass is 9.76. The summed E-state index contributed by atoms with van der Waals surface area (Å²) in [5.74, 6) is 0.662. The van der Waals surface area contributed by atoms with Gasteiger partial charge in [-0.25, -0.2) is 0 Å². The maximum Gasteiger partial charge on any atom is 0.226 e. The second-order valence-electron chi connectivity index (χ2n) is 5.95. The number of nitrogens with one attached hydrogen (secondary N) is 1. The van der Waals surface area contributed by atoms with Crippen molar-refractivity contribution in [2.45, 2.75) is 57.4 Å². The Balaban J connectivity index is 1.91. The van der Waals surface area contributed by atoms with Crippen molar-refractivity contribution in [2.75, 3.05) is 13.2 Å². The van der Waals surface area contributed by atoms with Crippen LogP contribution in [0.15, 0.2) is 0 Å². The van der Waals surface area contributed by atoms with Crippen molar-refractivity contribution in [3.63, 3.8) is 0 Å². The van der Waals surface area contributed by atoms with Crippen LogP contribution in [-0.4, -0.2) is 24.7 Å². The predicted octanol–water partition coefficient (Wildman–Crippen LogP) is 2.39. The molecule has 0 aromatic rings. The van der Waals surface area contributed by atoms with Gasteiger partial charge >= 0.3 is 0 Å². The summed E-state index contributed by atoms with van der Waals surface area (Å²) in [5.41, 5.74) is -0.625. The van der Waals surface area contributed by atoms with Crippen molar-refractivity contribution in [1.29, 1.82) is 5.26 Å². The molecule has 19 heavy (non-hydrogen) atoms. The molecule has 1 saturated heterocycles. The van der Waals surface area contributed by atoms with Gasteiger partial charge in [-0.15, -0.1) is 0 Å². The summed E-state index contributed by atoms with van der Waals surface area (Å²) in [6, 6.07) is 2.36. The van der Waals surface area contributed by atoms with E-state index in [1.54, 1.807) is 0 Å². The van der Waals surface area contributed by atoms with Crippen molar-refractivity contribution in [2.24, 2.45) is 11.8 Å². The second kappa shape index (κ2) is 6.38. The third-order valence-electron chi connectivity index (χ3n) is 4.64. The average molecular weight is 264 g/mol. The van der Waals surface area contributed by atoms with Gasteiger partial charge in [0.15, 0.2) is 0 Å². The first kappa shape index (κ1) is 14.3. The van der Waals surface area contributed by atoms with Crippen molar-refractivity contribution in [3.8, 4) is 6.07 Å². The van der Waals surface area contributed by atoms with Gasteiger partial charge in [0, 0.05) is 6.61 Å². The summed E-state index contributed by atoms with van der Waals surface area (Å²) >= 11 is 0. The SMILES string of the molecule is CCC1CCC(C#N)(NC(=O)C2CCCOC2)CC1. The van der Waals surface area contributed by atoms with Crippen molar-refractivity contribution < 1.29 is 9.53 Å². The zero-order valence-electron chi connectivity index (χ0n) is 11.8. The molecule has 1 saturated carbocycles. The fourth-order valence-corrected chi connectivity index (χ4v) is 3.13. The highest BCUT2D eigenvalue weighted by molar-refractivity contribution is 5.80. The van der Waals surface area contributed by atoms with Gasteiger partial charge in [0.2, 0.25) is 5.91 Å². The van der Waals surface area contributed by atoms with Crippen LogP contribution in [0.5, 0.6) is 0 Å². The molecule has 1 aliphatic carbocycles. The number of hydrogen-bond donors (Lipinski definition) is 1. The van der Waals surface area contributed by atoms with Crippen molar-refractivity contribution in [1.82, 2.24) is 5.32 Å². The molecule has 1 aliphatic heterocycles. The van der Waals surface area contributed by atoms with Crippen LogP contribution in [0.2, 0.25) is 0 Å². The highest BCUT2D eigenvalue weighted by atomic mass is 16.5. The molecule has 1 unspecified atom stereocenters. The molecule has 2 aliphatic rings. The Morgan fingerprint density at radius 3 is 2.68 bits per heavy atom. The van der Waals surface area contributed by atoms with Crippen LogP contribution in [0, 0.1) is 23.2 Å². The summed E-state index contributed by atoms with van der Waals surface area (Å²) < 4.78 is 5.35. The first-order chi connectivity index (χ1) is 9.19. The van der Waals surface area contributed by atoms with E-state index in [-0.39, 0.29) is 11.8 Å². The number of amides is 1. The summed E-state index contributed by atoms with van der Waals surface area (Å²) in [5, 5.41) is 12.5. The third-order valence-corrected chi connectivity index (χ3v) is 4.64. The van der Waals surface area contributed by atoms with Crippen LogP contribution in [0.1, 0.15) is 51.9 Å². The zero-order chi connectivity index (χ0) is 13.7. The first-order valence-electron chi connectivity index (χ1n) is 7.50. The Hall–Kier alpha value is -1.08. The molecule has 1 N–H and O–H groups in total. The fourth-order valence-electron chi connectivity index (χ4n) is 3.13. The third kappa shape index (κ3) is 3.48. The van der Waals surface area contributed by atoms with E-state index >= 15 is 0 Å². The molecule has 1 heterocycles. The van der Waals surface area contributed by atoms with Crippen molar-refractivity contribution >= 4 is 5.91 Å². The molecule has 2 rings (SSSR count). The van der Waals surface area contributed by atoms with E-state index in [1.165, 1.54) is 6.42 Å². The lowest BCUT2D eigenvalue weighted by Gasteiger charge is -2.36. The monoisotopic (exact) mass is 264 g/mol. The molecule has 0 aromatic heterocycles. The molecule has 1 atom stereocenters. The molecule has 4 nitrogen and oxygen atoms in total. The van der Waals surface area contributed by atoms with Crippen LogP contribution in [0.4, 0.5) is 0 Å². The minimum absolute atomic E-state index is 0.0104. The van der Waals surface area contributed by atoms with Crippen LogP contribution in [0.3, 0.4) is 0 Å². The van der Waals surface area contributed by atoms with E-state index in [4.69, 9.17) is 4.74 Å². The van der Waals surface area contributed by atoms with Gasteiger partial charge in [-0.1, -0.05) is 13.3 Å². The van der Waals surface area contributed by atoms with E-state index in [0.29, 0.717) is 6.61 Å². The summed E-state index contributed by atoms with van der Waals surface area (Å²) in [6.45, 7) is 3.46. The number of carbonyl (C=O) groups excluding carboxylic acids is 1. The van der Waals surface area contributed by atoms with Gasteiger partial charge in [0.1, 0.15) is 5.54 Å². The van der Waals surface area contributed by atoms with E-state index in [9.17, 15) is 10.1 Å². The van der Waals surface area contributed by atoms with Gasteiger partial charge in [-0.05, 0) is 44.4 Å². The Morgan fingerprint density at radius 2 is 2.16 bits per heavy atom. The number of nitriles is 1. The fraction of sp³-hybridized carbons (Fsp3) is 0.867. The molecule has 0 aromatic carbocycles. The van der Waals surface area contributed by atoms with Gasteiger partial charge < -0.3 is 10.1 Å². The molecule has 0 spiro atoms. The van der Waals surface area contributed by atoms with E-state index in [1.807, 2.05) is 0 Å². The van der Waals surface area contributed by atoms with Crippen LogP contribution in [-0.2, 0) is 9.53 Å². The molecule has 106 valence electrons. The number of carbonyl (C=O) groups is 1. The Morgan fingerprint density at radius 1 is 1.42 bits per heavy atom. The highest BCUT2D eigenvalue weighted by Crippen LogP contribution is 2.33. The molecular weight excluding hydrogens is 240 g/mol. The normalized spacial score (nSPS) is 35.4. The number of rotatable bonds is 3. The molecule has 0 radical (unpaired) electrons. The molecule has 4 heteroatoms. The summed E-state index contributed by atoms with van der Waals surface area (Å²) in [4.78, 5) is 12.2. The van der Waals surface area contributed by atoms with E-state index in [0.717, 1.165) is 51.0 Å². The van der Waals surface area contributed by atoms with Crippen LogP contribution >= 0.6 is 0 Å². The second-order valence-corrected chi connectivity index (χ2v) is 5.95. The van der Waals surface area contributed by atoms with E-state index in [2.05, 4.69) is 18.3 Å². The molecule has 2 fully saturated rings.